The molecule has 0 aromatic heterocycles. The normalized spacial score (nSPS) is 21.1. The Labute approximate surface area is 200 Å². The summed E-state index contributed by atoms with van der Waals surface area (Å²) >= 11 is 0. The van der Waals surface area contributed by atoms with Crippen molar-refractivity contribution in [1.29, 1.82) is 0 Å². The topological polar surface area (TPSA) is 182 Å². The third-order valence-corrected chi connectivity index (χ3v) is 7.74. The van der Waals surface area contributed by atoms with Crippen LogP contribution in [-0.2, 0) is 26.0 Å². The van der Waals surface area contributed by atoms with E-state index in [9.17, 15) is 23.1 Å². The van der Waals surface area contributed by atoms with Gasteiger partial charge >= 0.3 is 11.9 Å². The molecular formula is C22H35N6O5S+. The van der Waals surface area contributed by atoms with Crippen LogP contribution in [0.4, 0.5) is 5.69 Å². The minimum Gasteiger partial charge on any atom is -0.480 e. The molecule has 0 radical (unpaired) electrons. The molecule has 11 nitrogen and oxygen atoms in total. The van der Waals surface area contributed by atoms with Gasteiger partial charge in [-0.05, 0) is 62.1 Å². The highest BCUT2D eigenvalue weighted by Crippen LogP contribution is 2.28. The molecule has 0 spiro atoms. The first kappa shape index (κ1) is 25.8. The van der Waals surface area contributed by atoms with Crippen molar-refractivity contribution in [1.82, 2.24) is 9.62 Å². The summed E-state index contributed by atoms with van der Waals surface area (Å²) < 4.78 is 29.0. The first-order valence-corrected chi connectivity index (χ1v) is 13.1. The lowest BCUT2D eigenvalue weighted by Crippen LogP contribution is -2.78. The fourth-order valence-electron chi connectivity index (χ4n) is 4.48. The van der Waals surface area contributed by atoms with Crippen molar-refractivity contribution in [3.05, 3.63) is 23.8 Å². The fraction of sp³-hybridized carbons (Fsp3) is 0.591. The van der Waals surface area contributed by atoms with Crippen LogP contribution >= 0.6 is 0 Å². The minimum absolute atomic E-state index is 0.0290. The summed E-state index contributed by atoms with van der Waals surface area (Å²) in [6.07, 6.45) is 3.12. The molecule has 0 bridgehead atoms. The third kappa shape index (κ3) is 6.38. The molecule has 0 aliphatic carbocycles. The van der Waals surface area contributed by atoms with Gasteiger partial charge in [-0.1, -0.05) is 13.0 Å². The molecule has 1 amide bonds. The Balaban J connectivity index is 1.83. The van der Waals surface area contributed by atoms with Crippen LogP contribution in [0, 0.1) is 5.92 Å². The number of carbonyl (C=O) groups excluding carboxylic acids is 1. The Kier molecular flexibility index (Phi) is 8.37. The number of sulfonamides is 1. The summed E-state index contributed by atoms with van der Waals surface area (Å²) in [5, 5.41) is 12.8. The fourth-order valence-corrected chi connectivity index (χ4v) is 5.73. The van der Waals surface area contributed by atoms with Crippen LogP contribution in [0.3, 0.4) is 0 Å². The SMILES string of the molecule is C[C@H]1CNc2cc(S(=O)(=O)N[C@H](CCC[NH+]=C(N)N)C(=O)N3CCCCC3C(=O)O)ccc2C1. The van der Waals surface area contributed by atoms with Crippen molar-refractivity contribution in [3.8, 4) is 0 Å². The molecule has 1 aromatic rings. The van der Waals surface area contributed by atoms with Crippen LogP contribution in [0.2, 0.25) is 0 Å². The number of aliphatic carboxylic acids is 1. The van der Waals surface area contributed by atoms with E-state index in [1.54, 1.807) is 12.1 Å². The molecule has 2 aliphatic heterocycles. The number of guanidine groups is 1. The Hall–Kier alpha value is -2.86. The number of fused-ring (bicyclic) bond motifs is 1. The van der Waals surface area contributed by atoms with Gasteiger partial charge in [-0.3, -0.25) is 21.3 Å². The molecule has 188 valence electrons. The predicted molar refractivity (Wildman–Crippen MR) is 127 cm³/mol. The summed E-state index contributed by atoms with van der Waals surface area (Å²) in [4.78, 5) is 29.2. The number of carboxylic acid groups (broad SMARTS) is 1. The Morgan fingerprint density at radius 1 is 1.32 bits per heavy atom. The Bertz CT molecular complexity index is 1040. The molecule has 12 heteroatoms. The number of carbonyl (C=O) groups is 2. The number of nitrogens with one attached hydrogen (secondary N) is 3. The number of nitrogens with zero attached hydrogens (tertiary/aromatic N) is 1. The van der Waals surface area contributed by atoms with Crippen molar-refractivity contribution in [2.45, 2.75) is 62.4 Å². The summed E-state index contributed by atoms with van der Waals surface area (Å²) in [6.45, 7) is 3.49. The smallest absolute Gasteiger partial charge is 0.338 e. The number of piperidine rings is 1. The highest BCUT2D eigenvalue weighted by atomic mass is 32.2. The number of rotatable bonds is 9. The maximum atomic E-state index is 13.4. The molecule has 1 saturated heterocycles. The number of amides is 1. The largest absolute Gasteiger partial charge is 0.480 e. The second-order valence-electron chi connectivity index (χ2n) is 9.09. The first-order chi connectivity index (χ1) is 16.1. The second kappa shape index (κ2) is 11.0. The van der Waals surface area contributed by atoms with Gasteiger partial charge in [-0.2, -0.15) is 4.72 Å². The third-order valence-electron chi connectivity index (χ3n) is 6.27. The molecule has 3 rings (SSSR count). The zero-order chi connectivity index (χ0) is 24.9. The quantitative estimate of drug-likeness (QED) is 0.136. The van der Waals surface area contributed by atoms with Crippen molar-refractivity contribution in [2.75, 3.05) is 25.0 Å². The number of nitrogens with two attached hydrogens (primary N) is 2. The molecule has 2 aliphatic rings. The molecule has 1 aromatic carbocycles. The number of anilines is 1. The lowest BCUT2D eigenvalue weighted by molar-refractivity contribution is -0.459. The molecule has 34 heavy (non-hydrogen) atoms. The zero-order valence-corrected chi connectivity index (χ0v) is 20.2. The van der Waals surface area contributed by atoms with Gasteiger partial charge in [-0.15, -0.1) is 0 Å². The lowest BCUT2D eigenvalue weighted by atomic mass is 9.96. The predicted octanol–water partition coefficient (Wildman–Crippen LogP) is -1.46. The van der Waals surface area contributed by atoms with Gasteiger partial charge in [0, 0.05) is 18.8 Å². The standard InChI is InChI=1S/C22H34N6O5S/c1-14-11-15-7-8-16(12-18(15)26-13-14)34(32,33)27-17(5-4-9-25-22(23)24)20(29)28-10-3-2-6-19(28)21(30)31/h7-8,12,14,17,19,26-27H,2-6,9-11,13H2,1H3,(H,30,31)(H4,23,24,25)/p+1/t14-,17-,19?/m1/s1. The first-order valence-electron chi connectivity index (χ1n) is 11.6. The maximum absolute atomic E-state index is 13.4. The molecule has 8 N–H and O–H groups in total. The molecule has 1 fully saturated rings. The van der Waals surface area contributed by atoms with E-state index in [2.05, 4.69) is 22.0 Å². The van der Waals surface area contributed by atoms with E-state index in [1.165, 1.54) is 11.0 Å². The number of carboxylic acids is 1. The lowest BCUT2D eigenvalue weighted by Gasteiger charge is -2.35. The minimum atomic E-state index is -4.04. The van der Waals surface area contributed by atoms with E-state index < -0.39 is 34.0 Å². The van der Waals surface area contributed by atoms with Gasteiger partial charge in [0.05, 0.1) is 11.4 Å². The Morgan fingerprint density at radius 3 is 2.79 bits per heavy atom. The second-order valence-corrected chi connectivity index (χ2v) is 10.8. The molecule has 2 heterocycles. The monoisotopic (exact) mass is 495 g/mol. The summed E-state index contributed by atoms with van der Waals surface area (Å²) in [7, 11) is -4.04. The van der Waals surface area contributed by atoms with Gasteiger partial charge in [0.25, 0.3) is 0 Å². The Morgan fingerprint density at radius 2 is 2.09 bits per heavy atom. The highest BCUT2D eigenvalue weighted by molar-refractivity contribution is 7.89. The van der Waals surface area contributed by atoms with Crippen molar-refractivity contribution in [2.24, 2.45) is 17.4 Å². The summed E-state index contributed by atoms with van der Waals surface area (Å²) in [5.41, 5.74) is 12.6. The average Bonchev–Trinajstić information content (AvgIpc) is 2.79. The van der Waals surface area contributed by atoms with Crippen LogP contribution in [0.25, 0.3) is 0 Å². The van der Waals surface area contributed by atoms with E-state index in [4.69, 9.17) is 11.5 Å². The van der Waals surface area contributed by atoms with Gasteiger partial charge in [0.15, 0.2) is 0 Å². The molecule has 1 unspecified atom stereocenters. The van der Waals surface area contributed by atoms with Crippen LogP contribution in [-0.4, -0.2) is 68.0 Å². The van der Waals surface area contributed by atoms with E-state index in [0.29, 0.717) is 38.1 Å². The van der Waals surface area contributed by atoms with Crippen molar-refractivity contribution in [3.63, 3.8) is 0 Å². The number of hydrogen-bond donors (Lipinski definition) is 6. The van der Waals surface area contributed by atoms with Crippen LogP contribution in [0.5, 0.6) is 0 Å². The van der Waals surface area contributed by atoms with Crippen molar-refractivity contribution >= 4 is 33.5 Å². The van der Waals surface area contributed by atoms with E-state index in [1.807, 2.05) is 0 Å². The number of hydrogen-bond acceptors (Lipinski definition) is 5. The number of likely N-dealkylation sites (tertiary alicyclic amines) is 1. The maximum Gasteiger partial charge on any atom is 0.338 e. The van der Waals surface area contributed by atoms with Crippen LogP contribution in [0.15, 0.2) is 23.1 Å². The summed E-state index contributed by atoms with van der Waals surface area (Å²) in [5.74, 6) is -1.14. The van der Waals surface area contributed by atoms with Gasteiger partial charge in [0.1, 0.15) is 12.1 Å². The molecule has 3 atom stereocenters. The van der Waals surface area contributed by atoms with E-state index >= 15 is 0 Å². The average molecular weight is 496 g/mol. The molecule has 0 saturated carbocycles. The van der Waals surface area contributed by atoms with Gasteiger partial charge in [0.2, 0.25) is 15.9 Å². The van der Waals surface area contributed by atoms with E-state index in [0.717, 1.165) is 24.2 Å². The van der Waals surface area contributed by atoms with Crippen LogP contribution in [0.1, 0.15) is 44.6 Å². The number of benzene rings is 1. The van der Waals surface area contributed by atoms with Gasteiger partial charge < -0.3 is 15.3 Å². The van der Waals surface area contributed by atoms with Gasteiger partial charge in [-0.25, -0.2) is 13.2 Å². The molecular weight excluding hydrogens is 460 g/mol. The highest BCUT2D eigenvalue weighted by Gasteiger charge is 2.37. The van der Waals surface area contributed by atoms with E-state index in [-0.39, 0.29) is 23.8 Å². The van der Waals surface area contributed by atoms with Crippen LogP contribution < -0.4 is 26.5 Å². The van der Waals surface area contributed by atoms with Crippen molar-refractivity contribution < 1.29 is 28.1 Å². The summed E-state index contributed by atoms with van der Waals surface area (Å²) in [6, 6.07) is 2.83. The zero-order valence-electron chi connectivity index (χ0n) is 19.4.